The van der Waals surface area contributed by atoms with E-state index in [-0.39, 0.29) is 29.7 Å². The molecule has 25 heavy (non-hydrogen) atoms. The number of benzene rings is 1. The number of aromatic hydroxyl groups is 1. The summed E-state index contributed by atoms with van der Waals surface area (Å²) in [6.07, 6.45) is 6.26. The first-order valence-electron chi connectivity index (χ1n) is 8.96. The molecule has 1 aromatic rings. The molecule has 0 unspecified atom stereocenters. The highest BCUT2D eigenvalue weighted by Crippen LogP contribution is 2.40. The van der Waals surface area contributed by atoms with Crippen molar-refractivity contribution in [3.8, 4) is 5.75 Å². The Bertz CT molecular complexity index is 514. The number of halogens is 1. The molecule has 1 aliphatic rings. The van der Waals surface area contributed by atoms with Crippen molar-refractivity contribution in [1.29, 1.82) is 0 Å². The zero-order valence-corrected chi connectivity index (χ0v) is 17.7. The first kappa shape index (κ1) is 22.0. The molecule has 1 aliphatic carbocycles. The molecule has 0 saturated heterocycles. The molecule has 0 bridgehead atoms. The number of aliphatic imine (C=N–C) groups is 1. The maximum absolute atomic E-state index is 9.35. The van der Waals surface area contributed by atoms with Crippen molar-refractivity contribution in [1.82, 2.24) is 10.6 Å². The molecule has 0 aromatic heterocycles. The van der Waals surface area contributed by atoms with E-state index in [0.29, 0.717) is 12.0 Å². The maximum atomic E-state index is 9.35. The highest BCUT2D eigenvalue weighted by Gasteiger charge is 2.33. The lowest BCUT2D eigenvalue weighted by Crippen LogP contribution is -2.43. The van der Waals surface area contributed by atoms with Gasteiger partial charge in [-0.2, -0.15) is 0 Å². The van der Waals surface area contributed by atoms with E-state index in [4.69, 9.17) is 4.74 Å². The van der Waals surface area contributed by atoms with E-state index in [1.54, 1.807) is 19.2 Å². The molecular formula is C19H32IN3O2. The third-order valence-electron chi connectivity index (χ3n) is 4.83. The predicted octanol–water partition coefficient (Wildman–Crippen LogP) is 3.66. The van der Waals surface area contributed by atoms with Gasteiger partial charge in [-0.25, -0.2) is 4.99 Å². The molecule has 0 amide bonds. The number of phenols is 1. The van der Waals surface area contributed by atoms with Gasteiger partial charge < -0.3 is 20.5 Å². The Morgan fingerprint density at radius 2 is 1.88 bits per heavy atom. The third-order valence-corrected chi connectivity index (χ3v) is 4.83. The minimum Gasteiger partial charge on any atom is -0.508 e. The number of phenolic OH excluding ortho intramolecular Hbond substituents is 1. The molecule has 0 radical (unpaired) electrons. The Balaban J connectivity index is 0.00000312. The summed E-state index contributed by atoms with van der Waals surface area (Å²) in [5.74, 6) is 1.14. The minimum absolute atomic E-state index is 0. The second kappa shape index (κ2) is 11.6. The van der Waals surface area contributed by atoms with Crippen LogP contribution in [-0.2, 0) is 11.3 Å². The fourth-order valence-corrected chi connectivity index (χ4v) is 3.34. The summed E-state index contributed by atoms with van der Waals surface area (Å²) in [4.78, 5) is 4.67. The van der Waals surface area contributed by atoms with Crippen LogP contribution in [0.1, 0.15) is 44.6 Å². The summed E-state index contributed by atoms with van der Waals surface area (Å²) in [6, 6.07) is 7.20. The quantitative estimate of drug-likeness (QED) is 0.314. The van der Waals surface area contributed by atoms with Gasteiger partial charge in [0.2, 0.25) is 0 Å². The molecule has 0 heterocycles. The molecule has 2 rings (SSSR count). The van der Waals surface area contributed by atoms with Crippen LogP contribution in [0.15, 0.2) is 29.3 Å². The van der Waals surface area contributed by atoms with Gasteiger partial charge in [-0.05, 0) is 49.3 Å². The standard InChI is InChI=1S/C19H31N3O2.HI/c1-3-20-18(21-14-16-6-8-17(23)9-7-16)22-15-19(12-13-24-2)10-4-5-11-19;/h6-9,23H,3-5,10-15H2,1-2H3,(H2,20,21,22);1H. The first-order chi connectivity index (χ1) is 11.7. The third kappa shape index (κ3) is 7.40. The van der Waals surface area contributed by atoms with Crippen molar-refractivity contribution in [2.24, 2.45) is 10.4 Å². The van der Waals surface area contributed by atoms with E-state index in [0.717, 1.165) is 37.6 Å². The Morgan fingerprint density at radius 3 is 2.48 bits per heavy atom. The monoisotopic (exact) mass is 461 g/mol. The number of guanidine groups is 1. The average molecular weight is 461 g/mol. The van der Waals surface area contributed by atoms with E-state index >= 15 is 0 Å². The number of methoxy groups -OCH3 is 1. The van der Waals surface area contributed by atoms with E-state index in [1.165, 1.54) is 25.7 Å². The summed E-state index contributed by atoms with van der Waals surface area (Å²) in [5.41, 5.74) is 1.42. The predicted molar refractivity (Wildman–Crippen MR) is 114 cm³/mol. The molecule has 0 spiro atoms. The smallest absolute Gasteiger partial charge is 0.191 e. The van der Waals surface area contributed by atoms with Crippen LogP contribution in [0.5, 0.6) is 5.75 Å². The van der Waals surface area contributed by atoms with E-state index in [1.807, 2.05) is 12.1 Å². The number of ether oxygens (including phenoxy) is 1. The largest absolute Gasteiger partial charge is 0.508 e. The number of hydrogen-bond acceptors (Lipinski definition) is 3. The highest BCUT2D eigenvalue weighted by atomic mass is 127. The van der Waals surface area contributed by atoms with Crippen LogP contribution < -0.4 is 10.6 Å². The van der Waals surface area contributed by atoms with Crippen molar-refractivity contribution in [3.05, 3.63) is 29.8 Å². The second-order valence-electron chi connectivity index (χ2n) is 6.67. The fourth-order valence-electron chi connectivity index (χ4n) is 3.34. The molecule has 0 atom stereocenters. The lowest BCUT2D eigenvalue weighted by Gasteiger charge is -2.30. The Morgan fingerprint density at radius 1 is 1.20 bits per heavy atom. The van der Waals surface area contributed by atoms with Crippen LogP contribution in [0.25, 0.3) is 0 Å². The Kier molecular flexibility index (Phi) is 10.2. The molecule has 1 saturated carbocycles. The van der Waals surface area contributed by atoms with Crippen molar-refractivity contribution >= 4 is 29.9 Å². The Hall–Kier alpha value is -1.02. The van der Waals surface area contributed by atoms with E-state index in [9.17, 15) is 5.11 Å². The van der Waals surface area contributed by atoms with Gasteiger partial charge in [0.1, 0.15) is 5.75 Å². The van der Waals surface area contributed by atoms with Crippen LogP contribution >= 0.6 is 24.0 Å². The Labute approximate surface area is 168 Å². The fraction of sp³-hybridized carbons (Fsp3) is 0.632. The summed E-state index contributed by atoms with van der Waals surface area (Å²) in [6.45, 7) is 5.28. The minimum atomic E-state index is 0. The molecule has 1 aromatic carbocycles. The lowest BCUT2D eigenvalue weighted by atomic mass is 9.83. The van der Waals surface area contributed by atoms with Gasteiger partial charge in [-0.3, -0.25) is 0 Å². The van der Waals surface area contributed by atoms with Gasteiger partial charge in [-0.15, -0.1) is 24.0 Å². The van der Waals surface area contributed by atoms with Crippen molar-refractivity contribution in [3.63, 3.8) is 0 Å². The average Bonchev–Trinajstić information content (AvgIpc) is 3.06. The van der Waals surface area contributed by atoms with Gasteiger partial charge in [0, 0.05) is 26.8 Å². The molecule has 142 valence electrons. The zero-order valence-electron chi connectivity index (χ0n) is 15.4. The molecule has 5 nitrogen and oxygen atoms in total. The van der Waals surface area contributed by atoms with Crippen LogP contribution in [0.3, 0.4) is 0 Å². The summed E-state index contributed by atoms with van der Waals surface area (Å²) >= 11 is 0. The molecule has 6 heteroatoms. The van der Waals surface area contributed by atoms with Crippen molar-refractivity contribution < 1.29 is 9.84 Å². The topological polar surface area (TPSA) is 65.9 Å². The van der Waals surface area contributed by atoms with Crippen molar-refractivity contribution in [2.45, 2.75) is 45.6 Å². The highest BCUT2D eigenvalue weighted by molar-refractivity contribution is 14.0. The number of hydrogen-bond donors (Lipinski definition) is 3. The van der Waals surface area contributed by atoms with E-state index < -0.39 is 0 Å². The number of nitrogens with zero attached hydrogens (tertiary/aromatic N) is 1. The van der Waals surface area contributed by atoms with Gasteiger partial charge in [0.05, 0.1) is 6.54 Å². The molecule has 0 aliphatic heterocycles. The van der Waals surface area contributed by atoms with Crippen molar-refractivity contribution in [2.75, 3.05) is 26.8 Å². The van der Waals surface area contributed by atoms with Crippen LogP contribution in [0, 0.1) is 5.41 Å². The first-order valence-corrected chi connectivity index (χ1v) is 8.96. The van der Waals surface area contributed by atoms with E-state index in [2.05, 4.69) is 22.5 Å². The molecule has 1 fully saturated rings. The maximum Gasteiger partial charge on any atom is 0.191 e. The lowest BCUT2D eigenvalue weighted by molar-refractivity contribution is 0.138. The summed E-state index contributed by atoms with van der Waals surface area (Å²) in [5, 5.41) is 16.2. The second-order valence-corrected chi connectivity index (χ2v) is 6.67. The van der Waals surface area contributed by atoms with Gasteiger partial charge in [-0.1, -0.05) is 25.0 Å². The number of rotatable bonds is 8. The molecular weight excluding hydrogens is 429 g/mol. The SMILES string of the molecule is CCNC(=NCc1ccc(O)cc1)NCC1(CCOC)CCCC1.I. The normalized spacial score (nSPS) is 16.3. The van der Waals surface area contributed by atoms with Crippen LogP contribution in [0.4, 0.5) is 0 Å². The summed E-state index contributed by atoms with van der Waals surface area (Å²) < 4.78 is 5.30. The van der Waals surface area contributed by atoms with Gasteiger partial charge in [0.15, 0.2) is 5.96 Å². The zero-order chi connectivity index (χ0) is 17.3. The van der Waals surface area contributed by atoms with Crippen LogP contribution in [0.2, 0.25) is 0 Å². The van der Waals surface area contributed by atoms with Gasteiger partial charge in [0.25, 0.3) is 0 Å². The van der Waals surface area contributed by atoms with Crippen LogP contribution in [-0.4, -0.2) is 37.9 Å². The number of nitrogens with one attached hydrogen (secondary N) is 2. The molecule has 3 N–H and O–H groups in total. The van der Waals surface area contributed by atoms with Gasteiger partial charge >= 0.3 is 0 Å². The summed E-state index contributed by atoms with van der Waals surface area (Å²) in [7, 11) is 1.78.